The van der Waals surface area contributed by atoms with Crippen molar-refractivity contribution in [2.24, 2.45) is 17.8 Å². The topological polar surface area (TPSA) is 420 Å². The van der Waals surface area contributed by atoms with Crippen LogP contribution in [0.5, 0.6) is 17.2 Å². The van der Waals surface area contributed by atoms with E-state index in [0.29, 0.717) is 77.2 Å². The molecule has 4 aromatic carbocycles. The normalized spacial score (nSPS) is 19.8. The number of esters is 2. The first kappa shape index (κ1) is 114. The van der Waals surface area contributed by atoms with Crippen molar-refractivity contribution >= 4 is 54.9 Å². The van der Waals surface area contributed by atoms with Gasteiger partial charge in [0.05, 0.1) is 81.7 Å². The van der Waals surface area contributed by atoms with Gasteiger partial charge in [0.25, 0.3) is 0 Å². The smallest absolute Gasteiger partial charge is 0.870 e. The molecule has 0 bridgehead atoms. The molecule has 141 heavy (non-hydrogen) atoms. The van der Waals surface area contributed by atoms with Crippen molar-refractivity contribution in [3.05, 3.63) is 142 Å². The number of aryl methyl sites for hydroxylation is 4. The second-order valence-corrected chi connectivity index (χ2v) is 39.5. The fourth-order valence-electron chi connectivity index (χ4n) is 19.0. The van der Waals surface area contributed by atoms with Crippen LogP contribution in [-0.2, 0) is 78.5 Å². The summed E-state index contributed by atoms with van der Waals surface area (Å²) in [5, 5.41) is 44.7. The molecule has 6 atom stereocenters. The van der Waals surface area contributed by atoms with Gasteiger partial charge in [-0.3, -0.25) is 14.4 Å². The van der Waals surface area contributed by atoms with Gasteiger partial charge in [-0.2, -0.15) is 0 Å². The number of hydrogen-bond acceptors (Lipinski definition) is 28. The molecule has 16 rings (SSSR count). The van der Waals surface area contributed by atoms with Crippen molar-refractivity contribution in [3.8, 4) is 62.3 Å². The molecule has 766 valence electrons. The van der Waals surface area contributed by atoms with Gasteiger partial charge in [-0.05, 0) is 283 Å². The number of rotatable bonds is 26. The summed E-state index contributed by atoms with van der Waals surface area (Å²) in [6, 6.07) is 30.8. The van der Waals surface area contributed by atoms with Crippen LogP contribution in [0.25, 0.3) is 45.0 Å². The Bertz CT molecular complexity index is 5250. The van der Waals surface area contributed by atoms with E-state index in [2.05, 4.69) is 20.6 Å². The minimum absolute atomic E-state index is 0. The summed E-state index contributed by atoms with van der Waals surface area (Å²) in [5.74, 6) is 2.59. The van der Waals surface area contributed by atoms with E-state index in [1.165, 1.54) is 12.8 Å². The van der Waals surface area contributed by atoms with Crippen molar-refractivity contribution in [3.63, 3.8) is 0 Å². The fraction of sp³-hybridized carbons (Fsp3) is 0.594. The van der Waals surface area contributed by atoms with Crippen molar-refractivity contribution in [2.75, 3.05) is 28.2 Å². The third kappa shape index (κ3) is 31.3. The van der Waals surface area contributed by atoms with Crippen LogP contribution in [0.2, 0.25) is 0 Å². The Labute approximate surface area is 842 Å². The Balaban J connectivity index is 0.000000201. The molecule has 1 aliphatic heterocycles. The summed E-state index contributed by atoms with van der Waals surface area (Å²) in [7, 11) is 6.79. The SMILES string of the molecule is C.CC(C)OC(=O)[C@H]1CCC[C@@H](O)C1.Cc1onc(-c2ccc(B3OC(C)(C)C(C)(C)O3)cc2)c1COC(=O)N(C)C1CCCC1.Cc1onc(-c2ccc(O)cc2)c1COC(=O)N(C)C1CCCC1.Cc1onc(-c2ccc(O[C@H]3CCC[C@H](C(=O)O)C3)cc2)c1COC(=O)N(C)C1CCCC1.Cc1onc(-c2ccc(O[C@H]3CCC[C@H](C(=O)OC(C)C)C3)cc2)c1COC(=O)N(C)C1CCCC1.[Li+].[OH-]. The van der Waals surface area contributed by atoms with E-state index in [1.54, 1.807) is 78.9 Å². The Morgan fingerprint density at radius 1 is 0.397 bits per heavy atom. The number of aliphatic carboxylic acids is 1. The van der Waals surface area contributed by atoms with Crippen LogP contribution < -0.4 is 33.8 Å². The number of aromatic nitrogens is 4. The molecule has 7 saturated carbocycles. The number of benzene rings is 4. The molecule has 4 N–H and O–H groups in total. The number of aliphatic hydroxyl groups is 1. The van der Waals surface area contributed by atoms with Crippen LogP contribution in [0.4, 0.5) is 19.2 Å². The fourth-order valence-corrected chi connectivity index (χ4v) is 19.0. The molecule has 8 fully saturated rings. The summed E-state index contributed by atoms with van der Waals surface area (Å²) in [6.07, 6.45) is 25.2. The van der Waals surface area contributed by atoms with Gasteiger partial charge < -0.3 is 106 Å². The molecule has 1 saturated heterocycles. The standard InChI is InChI=1S/C28H38N2O6.C25H32N2O6.C24H33BN2O5.C18H22N2O4.C10H18O3.CH4.Li.H2O/c1-18(2)34-27(31)21-8-7-11-24(16-21)35-23-14-12-20(13-15-23)26-25(19(3)36-29-26)17-33-28(32)30(4)22-9-5-6-10-22;1-16-22(15-31-25(30)27(2)19-7-3-4-8-19)23(26-33-16)17-10-12-20(13-11-17)32-21-9-5-6-18(14-21)24(28)29;1-16-20(15-29-22(28)27(6)19-9-7-8-10-19)21(26-30-16)17-11-13-18(14-12-17)25-31-23(2,3)24(4,5)32-25;1-12-16(11-23-18(22)20(2)14-5-3-4-6-14)17(19-24-12)13-7-9-15(21)10-8-13;1-7(2)13-10(12)8-4-3-5-9(11)6-8;;;/h12-15,18,21-22,24H,5-11,16-17H2,1-4H3;10-13,18-19,21H,3-9,14-15H2,1-2H3,(H,28,29);11-14,19H,7-10,15H2,1-6H3;7-10,14,21H,3-6,11H2,1-2H3;7-9,11H,3-6H2,1-2H3;1H4;;1H2/q;;;;;;+1;/p-1/t21-,24-;18-,21-;;;8-,9+;;;/m00..0.../s1. The number of carbonyl (C=O) groups is 7. The average Bonchev–Trinajstić information content (AvgIpc) is 1.62. The molecule has 0 radical (unpaired) electrons. The molecule has 4 amide bonds. The number of carboxylic acids is 1. The monoisotopic (exact) mass is 1950 g/mol. The number of carbonyl (C=O) groups excluding carboxylic acids is 6. The van der Waals surface area contributed by atoms with E-state index in [-0.39, 0.29) is 184 Å². The van der Waals surface area contributed by atoms with E-state index in [1.807, 2.05) is 149 Å². The molecule has 33 nitrogen and oxygen atoms in total. The molecular formula is C106H148BLiN8O25. The molecule has 5 heterocycles. The minimum atomic E-state index is -0.747. The van der Waals surface area contributed by atoms with E-state index in [9.17, 15) is 48.9 Å². The summed E-state index contributed by atoms with van der Waals surface area (Å²) in [6.45, 7) is 23.3. The number of hydrogen-bond donors (Lipinski definition) is 3. The first-order valence-corrected chi connectivity index (χ1v) is 49.5. The van der Waals surface area contributed by atoms with Gasteiger partial charge in [0.15, 0.2) is 0 Å². The van der Waals surface area contributed by atoms with Crippen molar-refractivity contribution < 1.29 is 139 Å². The molecule has 8 aliphatic rings. The number of amides is 4. The molecule has 7 aliphatic carbocycles. The Morgan fingerprint density at radius 2 is 0.667 bits per heavy atom. The van der Waals surface area contributed by atoms with Crippen LogP contribution >= 0.6 is 0 Å². The Morgan fingerprint density at radius 3 is 0.957 bits per heavy atom. The van der Waals surface area contributed by atoms with Gasteiger partial charge in [-0.1, -0.05) is 110 Å². The predicted molar refractivity (Wildman–Crippen MR) is 524 cm³/mol. The summed E-state index contributed by atoms with van der Waals surface area (Å²) in [5.41, 5.74) is 9.18. The van der Waals surface area contributed by atoms with Gasteiger partial charge in [0.1, 0.15) is 89.5 Å². The second kappa shape index (κ2) is 53.5. The second-order valence-electron chi connectivity index (χ2n) is 39.5. The number of phenols is 1. The van der Waals surface area contributed by atoms with Crippen LogP contribution in [0, 0.1) is 45.4 Å². The third-order valence-corrected chi connectivity index (χ3v) is 28.3. The largest absolute Gasteiger partial charge is 1.00 e. The van der Waals surface area contributed by atoms with E-state index in [0.717, 1.165) is 197 Å². The zero-order chi connectivity index (χ0) is 99.1. The maximum atomic E-state index is 12.5. The van der Waals surface area contributed by atoms with Gasteiger partial charge in [0.2, 0.25) is 0 Å². The first-order chi connectivity index (χ1) is 66.0. The van der Waals surface area contributed by atoms with Crippen molar-refractivity contribution in [2.45, 2.75) is 363 Å². The maximum Gasteiger partial charge on any atom is 1.00 e. The Kier molecular flexibility index (Phi) is 43.1. The van der Waals surface area contributed by atoms with Crippen LogP contribution in [0.15, 0.2) is 115 Å². The van der Waals surface area contributed by atoms with Crippen LogP contribution in [-0.4, -0.2) is 205 Å². The number of carboxylic acid groups (broad SMARTS) is 1. The minimum Gasteiger partial charge on any atom is -0.870 e. The molecule has 4 aromatic heterocycles. The number of ether oxygens (including phenoxy) is 8. The maximum absolute atomic E-state index is 12.5. The van der Waals surface area contributed by atoms with Gasteiger partial charge in [-0.15, -0.1) is 0 Å². The summed E-state index contributed by atoms with van der Waals surface area (Å²) in [4.78, 5) is 91.6. The van der Waals surface area contributed by atoms with Gasteiger partial charge >= 0.3 is 68.3 Å². The quantitative estimate of drug-likeness (QED) is 0.0257. The average molecular weight is 1950 g/mol. The number of phenolic OH excluding ortho intramolecular Hbond substituents is 1. The van der Waals surface area contributed by atoms with E-state index < -0.39 is 13.1 Å². The summed E-state index contributed by atoms with van der Waals surface area (Å²) >= 11 is 0. The molecule has 0 spiro atoms. The number of aromatic hydroxyl groups is 1. The van der Waals surface area contributed by atoms with Crippen molar-refractivity contribution in [1.82, 2.24) is 40.2 Å². The van der Waals surface area contributed by atoms with E-state index in [4.69, 9.17) is 65.3 Å². The zero-order valence-corrected chi connectivity index (χ0v) is 84.8. The molecule has 35 heteroatoms. The molecular weight excluding hydrogens is 1800 g/mol. The van der Waals surface area contributed by atoms with Crippen LogP contribution in [0.1, 0.15) is 288 Å². The predicted octanol–water partition coefficient (Wildman–Crippen LogP) is 18.5. The van der Waals surface area contributed by atoms with Gasteiger partial charge in [-0.25, -0.2) is 19.2 Å². The number of nitrogens with zero attached hydrogens (tertiary/aromatic N) is 8. The van der Waals surface area contributed by atoms with E-state index >= 15 is 0 Å². The molecule has 0 unspecified atom stereocenters. The zero-order valence-electron chi connectivity index (χ0n) is 84.8. The van der Waals surface area contributed by atoms with Crippen LogP contribution in [0.3, 0.4) is 0 Å². The van der Waals surface area contributed by atoms with Gasteiger partial charge in [0, 0.05) is 74.6 Å². The van der Waals surface area contributed by atoms with Crippen molar-refractivity contribution in [1.29, 1.82) is 0 Å². The number of aliphatic hydroxyl groups excluding tert-OH is 1. The Hall–Kier alpha value is -10.9. The molecule has 8 aromatic rings. The third-order valence-electron chi connectivity index (χ3n) is 28.3. The summed E-state index contributed by atoms with van der Waals surface area (Å²) < 4.78 is 78.7. The first-order valence-electron chi connectivity index (χ1n) is 49.5.